The fraction of sp³-hybridized carbons (Fsp3) is 0.455. The SMILES string of the molecule is COC(=O)c1c(S(=O)(=O)NCc2ccc(F)cc2)sc2c1CCN(C(=O)CC(C)(C)C)C2. The largest absolute Gasteiger partial charge is 0.465 e. The second-order valence-corrected chi connectivity index (χ2v) is 12.0. The van der Waals surface area contributed by atoms with E-state index in [1.165, 1.54) is 31.4 Å². The second-order valence-electron chi connectivity index (χ2n) is 8.91. The molecule has 7 nitrogen and oxygen atoms in total. The first-order valence-corrected chi connectivity index (χ1v) is 12.5. The molecular weight excluding hydrogens is 455 g/mol. The molecule has 0 radical (unpaired) electrons. The maximum Gasteiger partial charge on any atom is 0.340 e. The highest BCUT2D eigenvalue weighted by Gasteiger charge is 2.35. The molecule has 174 valence electrons. The lowest BCUT2D eigenvalue weighted by molar-refractivity contribution is -0.133. The minimum absolute atomic E-state index is 0.00462. The number of sulfonamides is 1. The third kappa shape index (κ3) is 5.54. The Labute approximate surface area is 191 Å². The van der Waals surface area contributed by atoms with Gasteiger partial charge >= 0.3 is 5.97 Å². The van der Waals surface area contributed by atoms with Crippen LogP contribution in [-0.4, -0.2) is 38.8 Å². The van der Waals surface area contributed by atoms with Crippen LogP contribution in [0, 0.1) is 11.2 Å². The van der Waals surface area contributed by atoms with Crippen molar-refractivity contribution in [2.24, 2.45) is 5.41 Å². The molecule has 0 aliphatic carbocycles. The van der Waals surface area contributed by atoms with Gasteiger partial charge in [-0.2, -0.15) is 0 Å². The highest BCUT2D eigenvalue weighted by Crippen LogP contribution is 2.37. The Bertz CT molecular complexity index is 1120. The molecule has 1 amide bonds. The van der Waals surface area contributed by atoms with Crippen molar-refractivity contribution in [1.82, 2.24) is 9.62 Å². The smallest absolute Gasteiger partial charge is 0.340 e. The molecule has 0 fully saturated rings. The Morgan fingerprint density at radius 3 is 2.47 bits per heavy atom. The van der Waals surface area contributed by atoms with Crippen molar-refractivity contribution in [3.05, 3.63) is 51.7 Å². The number of methoxy groups -OCH3 is 1. The van der Waals surface area contributed by atoms with Gasteiger partial charge in [-0.3, -0.25) is 4.79 Å². The fourth-order valence-electron chi connectivity index (χ4n) is 3.50. The molecule has 3 rings (SSSR count). The number of carbonyl (C=O) groups excluding carboxylic acids is 2. The maximum absolute atomic E-state index is 13.1. The van der Waals surface area contributed by atoms with Gasteiger partial charge in [-0.1, -0.05) is 32.9 Å². The summed E-state index contributed by atoms with van der Waals surface area (Å²) in [5.41, 5.74) is 1.06. The van der Waals surface area contributed by atoms with Gasteiger partial charge < -0.3 is 9.64 Å². The number of nitrogens with zero attached hydrogens (tertiary/aromatic N) is 1. The lowest BCUT2D eigenvalue weighted by atomic mass is 9.91. The number of hydrogen-bond acceptors (Lipinski definition) is 6. The van der Waals surface area contributed by atoms with Crippen LogP contribution < -0.4 is 4.72 Å². The van der Waals surface area contributed by atoms with Gasteiger partial charge in [-0.25, -0.2) is 22.3 Å². The van der Waals surface area contributed by atoms with Gasteiger partial charge in [-0.05, 0) is 35.1 Å². The zero-order chi connectivity index (χ0) is 23.7. The number of thiophene rings is 1. The van der Waals surface area contributed by atoms with Crippen molar-refractivity contribution in [2.75, 3.05) is 13.7 Å². The average Bonchev–Trinajstić information content (AvgIpc) is 3.11. The zero-order valence-corrected chi connectivity index (χ0v) is 20.2. The van der Waals surface area contributed by atoms with Gasteiger partial charge in [0.25, 0.3) is 10.0 Å². The van der Waals surface area contributed by atoms with Gasteiger partial charge in [0.2, 0.25) is 5.91 Å². The number of nitrogens with one attached hydrogen (secondary N) is 1. The van der Waals surface area contributed by atoms with E-state index in [0.29, 0.717) is 35.4 Å². The standard InChI is InChI=1S/C22H27FN2O5S2/c1-22(2,3)11-18(26)25-10-9-16-17(13-25)31-21(19(16)20(27)30-4)32(28,29)24-12-14-5-7-15(23)8-6-14/h5-8,24H,9-13H2,1-4H3. The van der Waals surface area contributed by atoms with Crippen molar-refractivity contribution in [1.29, 1.82) is 0 Å². The van der Waals surface area contributed by atoms with E-state index < -0.39 is 21.8 Å². The highest BCUT2D eigenvalue weighted by atomic mass is 32.2. The van der Waals surface area contributed by atoms with Gasteiger partial charge in [0, 0.05) is 24.4 Å². The van der Waals surface area contributed by atoms with Gasteiger partial charge in [0.05, 0.1) is 19.2 Å². The molecule has 1 aromatic heterocycles. The van der Waals surface area contributed by atoms with Gasteiger partial charge in [0.15, 0.2) is 0 Å². The van der Waals surface area contributed by atoms with E-state index in [-0.39, 0.29) is 34.2 Å². The summed E-state index contributed by atoms with van der Waals surface area (Å²) in [6.07, 6.45) is 0.752. The number of halogens is 1. The summed E-state index contributed by atoms with van der Waals surface area (Å²) in [5, 5.41) is 0. The summed E-state index contributed by atoms with van der Waals surface area (Å²) in [6.45, 7) is 6.56. The first-order chi connectivity index (χ1) is 14.9. The quantitative estimate of drug-likeness (QED) is 0.637. The molecule has 0 bridgehead atoms. The third-order valence-electron chi connectivity index (χ3n) is 5.07. The molecule has 1 N–H and O–H groups in total. The maximum atomic E-state index is 13.1. The predicted molar refractivity (Wildman–Crippen MR) is 119 cm³/mol. The van der Waals surface area contributed by atoms with E-state index in [1.807, 2.05) is 20.8 Å². The van der Waals surface area contributed by atoms with Crippen LogP contribution in [0.1, 0.15) is 53.6 Å². The summed E-state index contributed by atoms with van der Waals surface area (Å²) >= 11 is 0.984. The van der Waals surface area contributed by atoms with E-state index in [4.69, 9.17) is 4.74 Å². The normalized spacial score (nSPS) is 14.2. The minimum Gasteiger partial charge on any atom is -0.465 e. The topological polar surface area (TPSA) is 92.8 Å². The van der Waals surface area contributed by atoms with E-state index in [9.17, 15) is 22.4 Å². The molecule has 0 atom stereocenters. The van der Waals surface area contributed by atoms with E-state index in [1.54, 1.807) is 4.90 Å². The molecule has 10 heteroatoms. The Hall–Kier alpha value is -2.30. The minimum atomic E-state index is -4.04. The molecule has 1 aliphatic rings. The third-order valence-corrected chi connectivity index (χ3v) is 8.21. The molecule has 1 aliphatic heterocycles. The van der Waals surface area contributed by atoms with Gasteiger partial charge in [0.1, 0.15) is 10.0 Å². The highest BCUT2D eigenvalue weighted by molar-refractivity contribution is 7.91. The van der Waals surface area contributed by atoms with Crippen LogP contribution in [0.15, 0.2) is 28.5 Å². The van der Waals surface area contributed by atoms with Crippen LogP contribution in [0.4, 0.5) is 4.39 Å². The number of esters is 1. The Morgan fingerprint density at radius 2 is 1.88 bits per heavy atom. The molecular formula is C22H27FN2O5S2. The summed E-state index contributed by atoms with van der Waals surface area (Å²) in [6, 6.07) is 5.46. The van der Waals surface area contributed by atoms with E-state index >= 15 is 0 Å². The molecule has 1 aromatic carbocycles. The zero-order valence-electron chi connectivity index (χ0n) is 18.5. The van der Waals surface area contributed by atoms with Crippen LogP contribution in [0.5, 0.6) is 0 Å². The molecule has 0 saturated carbocycles. The molecule has 2 aromatic rings. The number of ether oxygens (including phenoxy) is 1. The van der Waals surface area contributed by atoms with E-state index in [0.717, 1.165) is 11.3 Å². The van der Waals surface area contributed by atoms with Crippen molar-refractivity contribution >= 4 is 33.2 Å². The summed E-state index contributed by atoms with van der Waals surface area (Å²) in [7, 11) is -2.84. The van der Waals surface area contributed by atoms with E-state index in [2.05, 4.69) is 4.72 Å². The lowest BCUT2D eigenvalue weighted by Crippen LogP contribution is -2.37. The Morgan fingerprint density at radius 1 is 1.22 bits per heavy atom. The molecule has 0 unspecified atom stereocenters. The predicted octanol–water partition coefficient (Wildman–Crippen LogP) is 3.47. The summed E-state index contributed by atoms with van der Waals surface area (Å²) in [4.78, 5) is 27.5. The van der Waals surface area contributed by atoms with Crippen LogP contribution in [0.3, 0.4) is 0 Å². The average molecular weight is 483 g/mol. The molecule has 2 heterocycles. The van der Waals surface area contributed by atoms with Crippen LogP contribution in [-0.2, 0) is 39.1 Å². The number of amides is 1. The summed E-state index contributed by atoms with van der Waals surface area (Å²) in [5.74, 6) is -1.14. The summed E-state index contributed by atoms with van der Waals surface area (Å²) < 4.78 is 46.5. The molecule has 32 heavy (non-hydrogen) atoms. The second kappa shape index (κ2) is 9.29. The van der Waals surface area contributed by atoms with Crippen molar-refractivity contribution < 1.29 is 27.1 Å². The monoisotopic (exact) mass is 482 g/mol. The first-order valence-electron chi connectivity index (χ1n) is 10.2. The lowest BCUT2D eigenvalue weighted by Gasteiger charge is -2.30. The number of rotatable bonds is 6. The van der Waals surface area contributed by atoms with Crippen LogP contribution in [0.25, 0.3) is 0 Å². The van der Waals surface area contributed by atoms with Crippen LogP contribution in [0.2, 0.25) is 0 Å². The van der Waals surface area contributed by atoms with Gasteiger partial charge in [-0.15, -0.1) is 11.3 Å². The van der Waals surface area contributed by atoms with Crippen LogP contribution >= 0.6 is 11.3 Å². The van der Waals surface area contributed by atoms with Crippen molar-refractivity contribution in [2.45, 2.75) is 50.9 Å². The number of hydrogen-bond donors (Lipinski definition) is 1. The number of fused-ring (bicyclic) bond motifs is 1. The molecule has 0 saturated heterocycles. The number of carbonyl (C=O) groups is 2. The number of benzene rings is 1. The van der Waals surface area contributed by atoms with Crippen molar-refractivity contribution in [3.8, 4) is 0 Å². The Kier molecular flexibility index (Phi) is 7.06. The van der Waals surface area contributed by atoms with Crippen molar-refractivity contribution in [3.63, 3.8) is 0 Å². The molecule has 0 spiro atoms. The first kappa shape index (κ1) is 24.3. The fourth-order valence-corrected chi connectivity index (χ4v) is 6.46. The Balaban J connectivity index is 1.89.